The number of methoxy groups -OCH3 is 2. The number of carbonyl (C=O) groups is 2. The second-order valence-corrected chi connectivity index (χ2v) is 6.58. The molecular formula is C24H29NO7. The van der Waals surface area contributed by atoms with Crippen LogP contribution in [0.25, 0.3) is 6.08 Å². The van der Waals surface area contributed by atoms with E-state index in [2.05, 4.69) is 5.32 Å². The van der Waals surface area contributed by atoms with Crippen molar-refractivity contribution in [3.8, 4) is 23.0 Å². The van der Waals surface area contributed by atoms with Crippen molar-refractivity contribution in [2.45, 2.75) is 20.3 Å². The topological polar surface area (TPSA) is 92.3 Å². The van der Waals surface area contributed by atoms with E-state index in [0.717, 1.165) is 12.0 Å². The Morgan fingerprint density at radius 3 is 2.28 bits per heavy atom. The van der Waals surface area contributed by atoms with Gasteiger partial charge in [-0.25, -0.2) is 4.79 Å². The number of hydrogen-bond acceptors (Lipinski definition) is 7. The van der Waals surface area contributed by atoms with Gasteiger partial charge in [0.2, 0.25) is 0 Å². The summed E-state index contributed by atoms with van der Waals surface area (Å²) in [7, 11) is 3.02. The minimum absolute atomic E-state index is 0.434. The van der Waals surface area contributed by atoms with E-state index in [1.807, 2.05) is 13.8 Å². The summed E-state index contributed by atoms with van der Waals surface area (Å²) < 4.78 is 26.6. The predicted molar refractivity (Wildman–Crippen MR) is 122 cm³/mol. The molecular weight excluding hydrogens is 414 g/mol. The Balaban J connectivity index is 1.92. The van der Waals surface area contributed by atoms with Crippen LogP contribution in [-0.4, -0.2) is 45.9 Å². The molecule has 2 rings (SSSR count). The van der Waals surface area contributed by atoms with Gasteiger partial charge < -0.3 is 29.0 Å². The average molecular weight is 443 g/mol. The van der Waals surface area contributed by atoms with Gasteiger partial charge in [-0.3, -0.25) is 4.79 Å². The summed E-state index contributed by atoms with van der Waals surface area (Å²) in [5, 5.41) is 2.63. The lowest BCUT2D eigenvalue weighted by Crippen LogP contribution is -2.20. The molecule has 8 heteroatoms. The number of carbonyl (C=O) groups excluding carboxylic acids is 2. The van der Waals surface area contributed by atoms with Gasteiger partial charge in [-0.05, 0) is 37.1 Å². The molecule has 0 radical (unpaired) electrons. The van der Waals surface area contributed by atoms with Gasteiger partial charge in [0, 0.05) is 30.0 Å². The number of benzene rings is 2. The van der Waals surface area contributed by atoms with Crippen LogP contribution in [0.2, 0.25) is 0 Å². The van der Waals surface area contributed by atoms with Crippen LogP contribution in [0.1, 0.15) is 25.8 Å². The molecule has 0 aliphatic carbocycles. The molecule has 172 valence electrons. The van der Waals surface area contributed by atoms with Crippen LogP contribution >= 0.6 is 0 Å². The van der Waals surface area contributed by atoms with Crippen molar-refractivity contribution in [3.05, 3.63) is 48.0 Å². The van der Waals surface area contributed by atoms with Crippen molar-refractivity contribution in [2.24, 2.45) is 0 Å². The Bertz CT molecular complexity index is 918. The third-order valence-corrected chi connectivity index (χ3v) is 4.12. The smallest absolute Gasteiger partial charge is 0.331 e. The van der Waals surface area contributed by atoms with E-state index in [0.29, 0.717) is 41.9 Å². The second kappa shape index (κ2) is 12.9. The maximum absolute atomic E-state index is 12.1. The van der Waals surface area contributed by atoms with Crippen LogP contribution in [-0.2, 0) is 14.3 Å². The monoisotopic (exact) mass is 443 g/mol. The fourth-order valence-corrected chi connectivity index (χ4v) is 2.65. The Hall–Kier alpha value is -3.68. The number of nitrogens with one attached hydrogen (secondary N) is 1. The number of hydrogen-bond donors (Lipinski definition) is 1. The van der Waals surface area contributed by atoms with Gasteiger partial charge >= 0.3 is 5.97 Å². The molecule has 0 saturated heterocycles. The standard InChI is InChI=1S/C24H29NO7/c1-5-11-31-21-9-7-17(12-22(21)30-6-2)8-10-24(27)32-16-23(26)25-18-13-19(28-3)15-20(14-18)29-4/h7-10,12-15H,5-6,11,16H2,1-4H3,(H,25,26)/b10-8+. The first-order valence-electron chi connectivity index (χ1n) is 10.3. The zero-order valence-electron chi connectivity index (χ0n) is 18.8. The number of amides is 1. The summed E-state index contributed by atoms with van der Waals surface area (Å²) in [6, 6.07) is 10.3. The molecule has 0 bridgehead atoms. The second-order valence-electron chi connectivity index (χ2n) is 6.58. The van der Waals surface area contributed by atoms with Crippen LogP contribution in [0.3, 0.4) is 0 Å². The SMILES string of the molecule is CCCOc1ccc(/C=C/C(=O)OCC(=O)Nc2cc(OC)cc(OC)c2)cc1OCC. The zero-order chi connectivity index (χ0) is 23.3. The van der Waals surface area contributed by atoms with Gasteiger partial charge in [0.25, 0.3) is 5.91 Å². The van der Waals surface area contributed by atoms with Gasteiger partial charge in [-0.15, -0.1) is 0 Å². The molecule has 0 heterocycles. The highest BCUT2D eigenvalue weighted by Crippen LogP contribution is 2.29. The molecule has 0 unspecified atom stereocenters. The number of anilines is 1. The van der Waals surface area contributed by atoms with E-state index in [4.69, 9.17) is 23.7 Å². The molecule has 0 atom stereocenters. The molecule has 1 amide bonds. The highest BCUT2D eigenvalue weighted by atomic mass is 16.5. The van der Waals surface area contributed by atoms with Crippen LogP contribution in [0.4, 0.5) is 5.69 Å². The van der Waals surface area contributed by atoms with Gasteiger partial charge in [-0.2, -0.15) is 0 Å². The molecule has 0 fully saturated rings. The maximum Gasteiger partial charge on any atom is 0.331 e. The van der Waals surface area contributed by atoms with Crippen LogP contribution in [0.15, 0.2) is 42.5 Å². The Kier molecular flexibility index (Phi) is 9.90. The van der Waals surface area contributed by atoms with Gasteiger partial charge in [-0.1, -0.05) is 13.0 Å². The minimum atomic E-state index is -0.646. The molecule has 0 aliphatic heterocycles. The lowest BCUT2D eigenvalue weighted by molar-refractivity contribution is -0.142. The summed E-state index contributed by atoms with van der Waals surface area (Å²) in [6.07, 6.45) is 3.72. The highest BCUT2D eigenvalue weighted by molar-refractivity contribution is 5.95. The van der Waals surface area contributed by atoms with Crippen molar-refractivity contribution < 1.29 is 33.3 Å². The summed E-state index contributed by atoms with van der Waals surface area (Å²) in [5.41, 5.74) is 1.20. The van der Waals surface area contributed by atoms with E-state index in [9.17, 15) is 9.59 Å². The van der Waals surface area contributed by atoms with Crippen molar-refractivity contribution in [2.75, 3.05) is 39.4 Å². The lowest BCUT2D eigenvalue weighted by atomic mass is 10.2. The van der Waals surface area contributed by atoms with Crippen molar-refractivity contribution >= 4 is 23.6 Å². The Morgan fingerprint density at radius 1 is 0.938 bits per heavy atom. The van der Waals surface area contributed by atoms with E-state index >= 15 is 0 Å². The first-order valence-corrected chi connectivity index (χ1v) is 10.3. The molecule has 0 aliphatic rings. The molecule has 0 spiro atoms. The quantitative estimate of drug-likeness (QED) is 0.390. The van der Waals surface area contributed by atoms with E-state index < -0.39 is 18.5 Å². The van der Waals surface area contributed by atoms with E-state index in [-0.39, 0.29) is 0 Å². The molecule has 8 nitrogen and oxygen atoms in total. The zero-order valence-corrected chi connectivity index (χ0v) is 18.8. The van der Waals surface area contributed by atoms with E-state index in [1.54, 1.807) is 42.5 Å². The first kappa shape index (κ1) is 24.6. The third-order valence-electron chi connectivity index (χ3n) is 4.12. The van der Waals surface area contributed by atoms with Gasteiger partial charge in [0.15, 0.2) is 18.1 Å². The maximum atomic E-state index is 12.1. The normalized spacial score (nSPS) is 10.5. The predicted octanol–water partition coefficient (Wildman–Crippen LogP) is 4.09. The highest BCUT2D eigenvalue weighted by Gasteiger charge is 2.09. The Labute approximate surface area is 188 Å². The molecule has 32 heavy (non-hydrogen) atoms. The fraction of sp³-hybridized carbons (Fsp3) is 0.333. The van der Waals surface area contributed by atoms with Crippen molar-refractivity contribution in [1.29, 1.82) is 0 Å². The van der Waals surface area contributed by atoms with Crippen LogP contribution < -0.4 is 24.3 Å². The molecule has 0 saturated carbocycles. The molecule has 0 aromatic heterocycles. The average Bonchev–Trinajstić information content (AvgIpc) is 2.80. The molecule has 2 aromatic carbocycles. The number of ether oxygens (including phenoxy) is 5. The van der Waals surface area contributed by atoms with Crippen molar-refractivity contribution in [1.82, 2.24) is 0 Å². The van der Waals surface area contributed by atoms with Gasteiger partial charge in [0.05, 0.1) is 27.4 Å². The van der Waals surface area contributed by atoms with Crippen molar-refractivity contribution in [3.63, 3.8) is 0 Å². The number of rotatable bonds is 12. The lowest BCUT2D eigenvalue weighted by Gasteiger charge is -2.12. The molecule has 1 N–H and O–H groups in total. The van der Waals surface area contributed by atoms with Crippen LogP contribution in [0, 0.1) is 0 Å². The van der Waals surface area contributed by atoms with Crippen LogP contribution in [0.5, 0.6) is 23.0 Å². The van der Waals surface area contributed by atoms with E-state index in [1.165, 1.54) is 20.3 Å². The Morgan fingerprint density at radius 2 is 1.66 bits per heavy atom. The fourth-order valence-electron chi connectivity index (χ4n) is 2.65. The summed E-state index contributed by atoms with van der Waals surface area (Å²) in [6.45, 7) is 4.56. The summed E-state index contributed by atoms with van der Waals surface area (Å²) in [4.78, 5) is 24.1. The third kappa shape index (κ3) is 7.86. The largest absolute Gasteiger partial charge is 0.497 e. The molecule has 2 aromatic rings. The number of esters is 1. The first-order chi connectivity index (χ1) is 15.5. The minimum Gasteiger partial charge on any atom is -0.497 e. The van der Waals surface area contributed by atoms with Gasteiger partial charge in [0.1, 0.15) is 11.5 Å². The summed E-state index contributed by atoms with van der Waals surface area (Å²) >= 11 is 0. The summed E-state index contributed by atoms with van der Waals surface area (Å²) in [5.74, 6) is 1.17.